The smallest absolute Gasteiger partial charge is 0.287 e. The first-order valence-corrected chi connectivity index (χ1v) is 7.25. The van der Waals surface area contributed by atoms with Crippen molar-refractivity contribution in [3.63, 3.8) is 0 Å². The molecule has 2 aromatic rings. The number of hydrogen-bond donors (Lipinski definition) is 2. The number of amides is 1. The molecule has 1 amide bonds. The maximum absolute atomic E-state index is 11.9. The topological polar surface area (TPSA) is 68.3 Å². The van der Waals surface area contributed by atoms with Gasteiger partial charge in [0.25, 0.3) is 5.91 Å². The monoisotopic (exact) mass is 276 g/mol. The Morgan fingerprint density at radius 3 is 3.05 bits per heavy atom. The molecule has 2 aromatic heterocycles. The van der Waals surface area contributed by atoms with E-state index in [9.17, 15) is 4.79 Å². The lowest BCUT2D eigenvalue weighted by Crippen LogP contribution is -2.21. The summed E-state index contributed by atoms with van der Waals surface area (Å²) >= 11 is 1.80. The molecule has 0 fully saturated rings. The van der Waals surface area contributed by atoms with E-state index in [0.29, 0.717) is 24.6 Å². The van der Waals surface area contributed by atoms with Gasteiger partial charge in [-0.25, -0.2) is 0 Å². The van der Waals surface area contributed by atoms with Gasteiger partial charge >= 0.3 is 0 Å². The Morgan fingerprint density at radius 2 is 2.32 bits per heavy atom. The Balaban J connectivity index is 1.60. The van der Waals surface area contributed by atoms with Crippen LogP contribution in [0.4, 0.5) is 0 Å². The summed E-state index contributed by atoms with van der Waals surface area (Å²) in [7, 11) is 0. The number of hydrogen-bond acceptors (Lipinski definition) is 4. The van der Waals surface area contributed by atoms with Gasteiger partial charge < -0.3 is 15.5 Å². The van der Waals surface area contributed by atoms with Crippen LogP contribution in [0.5, 0.6) is 0 Å². The van der Waals surface area contributed by atoms with Gasteiger partial charge in [0.1, 0.15) is 5.76 Å². The fourth-order valence-corrected chi connectivity index (χ4v) is 3.54. The molecule has 19 heavy (non-hydrogen) atoms. The van der Waals surface area contributed by atoms with Crippen molar-refractivity contribution in [1.82, 2.24) is 5.32 Å². The lowest BCUT2D eigenvalue weighted by molar-refractivity contribution is 0.0922. The van der Waals surface area contributed by atoms with Crippen molar-refractivity contribution in [1.29, 1.82) is 0 Å². The first-order valence-electron chi connectivity index (χ1n) is 6.43. The number of carbonyl (C=O) groups excluding carboxylic acids is 1. The van der Waals surface area contributed by atoms with Crippen LogP contribution < -0.4 is 11.1 Å². The summed E-state index contributed by atoms with van der Waals surface area (Å²) < 4.78 is 5.31. The van der Waals surface area contributed by atoms with E-state index in [1.165, 1.54) is 34.6 Å². The second kappa shape index (κ2) is 5.19. The van der Waals surface area contributed by atoms with Gasteiger partial charge in [-0.2, -0.15) is 0 Å². The molecule has 4 nitrogen and oxygen atoms in total. The minimum atomic E-state index is -0.187. The predicted molar refractivity (Wildman–Crippen MR) is 74.1 cm³/mol. The second-order valence-corrected chi connectivity index (χ2v) is 5.89. The quantitative estimate of drug-likeness (QED) is 0.899. The molecular weight excluding hydrogens is 260 g/mol. The number of nitrogens with two attached hydrogens (primary N) is 1. The fraction of sp³-hybridized carbons (Fsp3) is 0.357. The lowest BCUT2D eigenvalue weighted by Gasteiger charge is -2.01. The Kier molecular flexibility index (Phi) is 3.40. The van der Waals surface area contributed by atoms with Crippen LogP contribution >= 0.6 is 11.3 Å². The van der Waals surface area contributed by atoms with Crippen LogP contribution in [0.1, 0.15) is 38.1 Å². The number of rotatable bonds is 4. The van der Waals surface area contributed by atoms with Crippen LogP contribution in [0.2, 0.25) is 0 Å². The van der Waals surface area contributed by atoms with Crippen molar-refractivity contribution in [2.24, 2.45) is 5.73 Å². The number of thiophene rings is 1. The molecule has 0 aromatic carbocycles. The third kappa shape index (κ3) is 2.57. The molecule has 0 saturated carbocycles. The molecule has 0 saturated heterocycles. The van der Waals surface area contributed by atoms with E-state index in [2.05, 4.69) is 11.4 Å². The zero-order valence-electron chi connectivity index (χ0n) is 10.6. The van der Waals surface area contributed by atoms with E-state index in [0.717, 1.165) is 0 Å². The largest absolute Gasteiger partial charge is 0.455 e. The summed E-state index contributed by atoms with van der Waals surface area (Å²) in [6.07, 6.45) is 3.63. The molecule has 3 rings (SSSR count). The van der Waals surface area contributed by atoms with Gasteiger partial charge in [0, 0.05) is 9.75 Å². The molecule has 100 valence electrons. The highest BCUT2D eigenvalue weighted by Crippen LogP contribution is 2.30. The van der Waals surface area contributed by atoms with Gasteiger partial charge in [0.05, 0.1) is 13.1 Å². The molecule has 3 N–H and O–H groups in total. The van der Waals surface area contributed by atoms with Crippen LogP contribution in [0, 0.1) is 0 Å². The normalized spacial score (nSPS) is 13.5. The molecule has 5 heteroatoms. The van der Waals surface area contributed by atoms with Gasteiger partial charge in [0.15, 0.2) is 5.76 Å². The fourth-order valence-electron chi connectivity index (χ4n) is 2.34. The summed E-state index contributed by atoms with van der Waals surface area (Å²) in [4.78, 5) is 14.6. The highest BCUT2D eigenvalue weighted by atomic mass is 32.1. The molecule has 0 atom stereocenters. The van der Waals surface area contributed by atoms with Crippen molar-refractivity contribution >= 4 is 17.2 Å². The molecule has 0 bridgehead atoms. The molecule has 2 heterocycles. The van der Waals surface area contributed by atoms with Crippen LogP contribution in [0.15, 0.2) is 22.6 Å². The second-order valence-electron chi connectivity index (χ2n) is 4.67. The third-order valence-electron chi connectivity index (χ3n) is 3.31. The van der Waals surface area contributed by atoms with E-state index >= 15 is 0 Å². The van der Waals surface area contributed by atoms with E-state index in [4.69, 9.17) is 10.2 Å². The van der Waals surface area contributed by atoms with E-state index in [-0.39, 0.29) is 5.91 Å². The van der Waals surface area contributed by atoms with Crippen molar-refractivity contribution in [3.8, 4) is 0 Å². The van der Waals surface area contributed by atoms with Gasteiger partial charge in [-0.1, -0.05) is 0 Å². The Hall–Kier alpha value is -1.59. The maximum atomic E-state index is 11.9. The van der Waals surface area contributed by atoms with Crippen LogP contribution in [0.25, 0.3) is 0 Å². The molecule has 1 aliphatic carbocycles. The van der Waals surface area contributed by atoms with Crippen LogP contribution in [-0.4, -0.2) is 5.91 Å². The number of furan rings is 1. The average Bonchev–Trinajstić information content (AvgIpc) is 3.10. The van der Waals surface area contributed by atoms with Gasteiger partial charge in [-0.3, -0.25) is 4.79 Å². The molecule has 0 unspecified atom stereocenters. The molecule has 0 aliphatic heterocycles. The zero-order valence-corrected chi connectivity index (χ0v) is 11.4. The van der Waals surface area contributed by atoms with Crippen molar-refractivity contribution in [2.75, 3.05) is 0 Å². The number of carbonyl (C=O) groups is 1. The predicted octanol–water partition coefficient (Wildman–Crippen LogP) is 2.22. The van der Waals surface area contributed by atoms with Crippen LogP contribution in [-0.2, 0) is 25.9 Å². The minimum Gasteiger partial charge on any atom is -0.455 e. The van der Waals surface area contributed by atoms with Gasteiger partial charge in [-0.05, 0) is 43.0 Å². The zero-order chi connectivity index (χ0) is 13.2. The summed E-state index contributed by atoms with van der Waals surface area (Å²) in [5, 5.41) is 2.88. The molecular formula is C14H16N2O2S. The minimum absolute atomic E-state index is 0.187. The van der Waals surface area contributed by atoms with Crippen molar-refractivity contribution in [2.45, 2.75) is 32.4 Å². The Bertz CT molecular complexity index is 579. The Labute approximate surface area is 115 Å². The van der Waals surface area contributed by atoms with Gasteiger partial charge in [-0.15, -0.1) is 11.3 Å². The Morgan fingerprint density at radius 1 is 1.42 bits per heavy atom. The number of aryl methyl sites for hydroxylation is 2. The SMILES string of the molecule is NCc1ccc(C(=O)NCc2cc3c(s2)CCC3)o1. The lowest BCUT2D eigenvalue weighted by atomic mass is 10.2. The average molecular weight is 276 g/mol. The number of fused-ring (bicyclic) bond motifs is 1. The van der Waals surface area contributed by atoms with Crippen LogP contribution in [0.3, 0.4) is 0 Å². The summed E-state index contributed by atoms with van der Waals surface area (Å²) in [6, 6.07) is 5.60. The highest BCUT2D eigenvalue weighted by Gasteiger charge is 2.16. The van der Waals surface area contributed by atoms with Gasteiger partial charge in [0.2, 0.25) is 0 Å². The molecule has 0 spiro atoms. The van der Waals surface area contributed by atoms with Crippen molar-refractivity contribution in [3.05, 3.63) is 45.0 Å². The van der Waals surface area contributed by atoms with Crippen molar-refractivity contribution < 1.29 is 9.21 Å². The standard InChI is InChI=1S/C14H16N2O2S/c15-7-10-4-5-12(18-10)14(17)16-8-11-6-9-2-1-3-13(9)19-11/h4-6H,1-3,7-8,15H2,(H,16,17). The summed E-state index contributed by atoms with van der Waals surface area (Å²) in [6.45, 7) is 0.875. The third-order valence-corrected chi connectivity index (χ3v) is 4.54. The maximum Gasteiger partial charge on any atom is 0.287 e. The van der Waals surface area contributed by atoms with E-state index in [1.807, 2.05) is 0 Å². The molecule has 1 aliphatic rings. The summed E-state index contributed by atoms with van der Waals surface area (Å²) in [5.41, 5.74) is 6.90. The first-order chi connectivity index (χ1) is 9.26. The molecule has 0 radical (unpaired) electrons. The number of nitrogens with one attached hydrogen (secondary N) is 1. The van der Waals surface area contributed by atoms with E-state index in [1.54, 1.807) is 23.5 Å². The van der Waals surface area contributed by atoms with E-state index < -0.39 is 0 Å². The summed E-state index contributed by atoms with van der Waals surface area (Å²) in [5.74, 6) is 0.762. The highest BCUT2D eigenvalue weighted by molar-refractivity contribution is 7.12. The first kappa shape index (κ1) is 12.4.